The van der Waals surface area contributed by atoms with E-state index in [0.717, 1.165) is 29.3 Å². The fraction of sp³-hybridized carbons (Fsp3) is 0.333. The number of sulfone groups is 1. The Kier molecular flexibility index (Phi) is 5.88. The van der Waals surface area contributed by atoms with Crippen LogP contribution < -0.4 is 5.56 Å². The maximum absolute atomic E-state index is 12.6. The van der Waals surface area contributed by atoms with Crippen LogP contribution in [0.15, 0.2) is 28.0 Å². The summed E-state index contributed by atoms with van der Waals surface area (Å²) in [5, 5.41) is 2.11. The van der Waals surface area contributed by atoms with E-state index >= 15 is 0 Å². The van der Waals surface area contributed by atoms with Crippen LogP contribution in [0, 0.1) is 0 Å². The van der Waals surface area contributed by atoms with Crippen LogP contribution in [-0.4, -0.2) is 43.0 Å². The summed E-state index contributed by atoms with van der Waals surface area (Å²) in [6.45, 7) is -2.41. The first-order valence-corrected chi connectivity index (χ1v) is 9.55. The van der Waals surface area contributed by atoms with Crippen LogP contribution >= 0.6 is 11.6 Å². The summed E-state index contributed by atoms with van der Waals surface area (Å²) in [4.78, 5) is 24.1. The van der Waals surface area contributed by atoms with Gasteiger partial charge in [-0.25, -0.2) is 8.42 Å². The molecule has 0 aliphatic carbocycles. The molecule has 0 atom stereocenters. The highest BCUT2D eigenvalue weighted by atomic mass is 35.5. The molecule has 2 aromatic rings. The normalized spacial score (nSPS) is 12.4. The van der Waals surface area contributed by atoms with E-state index in [1.807, 2.05) is 0 Å². The minimum Gasteiger partial charge on any atom is -0.367 e. The van der Waals surface area contributed by atoms with Gasteiger partial charge in [0.15, 0.2) is 9.84 Å². The molecule has 0 aliphatic rings. The van der Waals surface area contributed by atoms with Gasteiger partial charge in [-0.1, -0.05) is 11.6 Å². The standard InChI is InChI=1S/C15H14ClF3N2O5S/c1-21-14(23)9(5-20-21)13(22)8-3-4-11(27(2,24)25)10(12(8)16)6-26-7-15(17,18)19/h3-5,20H,6-7H2,1-2H3. The molecule has 7 nitrogen and oxygen atoms in total. The van der Waals surface area contributed by atoms with Gasteiger partial charge in [0.1, 0.15) is 12.2 Å². The number of carbonyl (C=O) groups excluding carboxylic acids is 1. The van der Waals surface area contributed by atoms with Gasteiger partial charge in [0.05, 0.1) is 16.5 Å². The Hall–Kier alpha value is -2.11. The minimum absolute atomic E-state index is 0.230. The number of carbonyl (C=O) groups is 1. The van der Waals surface area contributed by atoms with Crippen molar-refractivity contribution >= 4 is 27.2 Å². The van der Waals surface area contributed by atoms with Crippen LogP contribution in [-0.2, 0) is 28.2 Å². The molecule has 0 bridgehead atoms. The van der Waals surface area contributed by atoms with E-state index in [1.54, 1.807) is 0 Å². The molecule has 0 spiro atoms. The Morgan fingerprint density at radius 1 is 1.30 bits per heavy atom. The zero-order chi connectivity index (χ0) is 20.6. The zero-order valence-electron chi connectivity index (χ0n) is 14.1. The summed E-state index contributed by atoms with van der Waals surface area (Å²) < 4.78 is 66.2. The van der Waals surface area contributed by atoms with Gasteiger partial charge in [0.25, 0.3) is 5.56 Å². The molecule has 1 aromatic heterocycles. The highest BCUT2D eigenvalue weighted by molar-refractivity contribution is 7.90. The number of rotatable bonds is 6. The third-order valence-electron chi connectivity index (χ3n) is 3.54. The van der Waals surface area contributed by atoms with Crippen molar-refractivity contribution in [3.8, 4) is 0 Å². The number of alkyl halides is 3. The molecule has 1 N–H and O–H groups in total. The van der Waals surface area contributed by atoms with Crippen molar-refractivity contribution in [2.24, 2.45) is 7.05 Å². The topological polar surface area (TPSA) is 98.2 Å². The first kappa shape index (κ1) is 21.2. The monoisotopic (exact) mass is 426 g/mol. The number of aromatic nitrogens is 2. The Morgan fingerprint density at radius 2 is 1.93 bits per heavy atom. The molecule has 0 fully saturated rings. The van der Waals surface area contributed by atoms with Crippen molar-refractivity contribution in [1.82, 2.24) is 9.78 Å². The average Bonchev–Trinajstić information content (AvgIpc) is 2.85. The number of aryl methyl sites for hydroxylation is 1. The van der Waals surface area contributed by atoms with Gasteiger partial charge in [-0.2, -0.15) is 13.2 Å². The van der Waals surface area contributed by atoms with Crippen molar-refractivity contribution < 1.29 is 31.1 Å². The molecule has 12 heteroatoms. The number of nitrogens with zero attached hydrogens (tertiary/aromatic N) is 1. The molecule has 0 radical (unpaired) electrons. The summed E-state index contributed by atoms with van der Waals surface area (Å²) in [6.07, 6.45) is -2.64. The second kappa shape index (κ2) is 7.49. The first-order chi connectivity index (χ1) is 12.3. The largest absolute Gasteiger partial charge is 0.411 e. The molecule has 148 valence electrons. The van der Waals surface area contributed by atoms with Crippen molar-refractivity contribution in [3.05, 3.63) is 50.4 Å². The lowest BCUT2D eigenvalue weighted by atomic mass is 10.0. The quantitative estimate of drug-likeness (QED) is 0.713. The van der Waals surface area contributed by atoms with E-state index in [2.05, 4.69) is 9.84 Å². The van der Waals surface area contributed by atoms with Crippen molar-refractivity contribution in [2.45, 2.75) is 17.7 Å². The van der Waals surface area contributed by atoms with E-state index < -0.39 is 45.6 Å². The van der Waals surface area contributed by atoms with Gasteiger partial charge in [-0.15, -0.1) is 0 Å². The van der Waals surface area contributed by atoms with Gasteiger partial charge in [-0.3, -0.25) is 14.3 Å². The Morgan fingerprint density at radius 3 is 2.41 bits per heavy atom. The van der Waals surface area contributed by atoms with Crippen LogP contribution in [0.2, 0.25) is 5.02 Å². The molecule has 0 saturated carbocycles. The molecule has 27 heavy (non-hydrogen) atoms. The summed E-state index contributed by atoms with van der Waals surface area (Å²) in [5.74, 6) is -0.807. The van der Waals surface area contributed by atoms with E-state index in [4.69, 9.17) is 11.6 Å². The number of H-pyrrole nitrogens is 1. The molecular formula is C15H14ClF3N2O5S. The van der Waals surface area contributed by atoms with Crippen LogP contribution in [0.4, 0.5) is 13.2 Å². The van der Waals surface area contributed by atoms with Crippen LogP contribution in [0.25, 0.3) is 0 Å². The Balaban J connectivity index is 2.52. The lowest BCUT2D eigenvalue weighted by molar-refractivity contribution is -0.176. The van der Waals surface area contributed by atoms with E-state index in [0.29, 0.717) is 0 Å². The van der Waals surface area contributed by atoms with Gasteiger partial charge >= 0.3 is 6.18 Å². The third-order valence-corrected chi connectivity index (χ3v) is 5.15. The zero-order valence-corrected chi connectivity index (χ0v) is 15.6. The molecule has 1 aromatic carbocycles. The number of ether oxygens (including phenoxy) is 1. The predicted molar refractivity (Wildman–Crippen MR) is 89.7 cm³/mol. The highest BCUT2D eigenvalue weighted by Crippen LogP contribution is 2.30. The first-order valence-electron chi connectivity index (χ1n) is 7.28. The summed E-state index contributed by atoms with van der Waals surface area (Å²) >= 11 is 6.11. The van der Waals surface area contributed by atoms with Crippen molar-refractivity contribution in [2.75, 3.05) is 12.9 Å². The van der Waals surface area contributed by atoms with Crippen LogP contribution in [0.3, 0.4) is 0 Å². The number of aromatic amines is 1. The van der Waals surface area contributed by atoms with E-state index in [-0.39, 0.29) is 21.6 Å². The van der Waals surface area contributed by atoms with Gasteiger partial charge in [0.2, 0.25) is 5.78 Å². The van der Waals surface area contributed by atoms with Gasteiger partial charge < -0.3 is 9.84 Å². The van der Waals surface area contributed by atoms with Crippen LogP contribution in [0.1, 0.15) is 21.5 Å². The fourth-order valence-electron chi connectivity index (χ4n) is 2.30. The minimum atomic E-state index is -4.62. The average molecular weight is 427 g/mol. The summed E-state index contributed by atoms with van der Waals surface area (Å²) in [6, 6.07) is 2.14. The SMILES string of the molecule is Cn1[nH]cc(C(=O)c2ccc(S(C)(=O)=O)c(COCC(F)(F)F)c2Cl)c1=O. The van der Waals surface area contributed by atoms with E-state index in [9.17, 15) is 31.2 Å². The Labute approximate surface area is 156 Å². The third kappa shape index (κ3) is 4.79. The molecule has 2 rings (SSSR count). The maximum atomic E-state index is 12.6. The second-order valence-corrected chi connectivity index (χ2v) is 8.03. The summed E-state index contributed by atoms with van der Waals surface area (Å²) in [5.41, 5.74) is -1.42. The van der Waals surface area contributed by atoms with Gasteiger partial charge in [0, 0.05) is 30.6 Å². The highest BCUT2D eigenvalue weighted by Gasteiger charge is 2.29. The summed E-state index contributed by atoms with van der Waals surface area (Å²) in [7, 11) is -2.48. The second-order valence-electron chi connectivity index (χ2n) is 5.66. The Bertz CT molecular complexity index is 1040. The number of ketones is 1. The number of nitrogens with one attached hydrogen (secondary N) is 1. The van der Waals surface area contributed by atoms with E-state index in [1.165, 1.54) is 7.05 Å². The van der Waals surface area contributed by atoms with Crippen molar-refractivity contribution in [1.29, 1.82) is 0 Å². The lowest BCUT2D eigenvalue weighted by Gasteiger charge is -2.14. The number of hydrogen-bond acceptors (Lipinski definition) is 5. The lowest BCUT2D eigenvalue weighted by Crippen LogP contribution is -2.20. The fourth-order valence-corrected chi connectivity index (χ4v) is 3.58. The molecule has 0 unspecified atom stereocenters. The number of halogens is 4. The van der Waals surface area contributed by atoms with Gasteiger partial charge in [-0.05, 0) is 12.1 Å². The smallest absolute Gasteiger partial charge is 0.367 e. The number of hydrogen-bond donors (Lipinski definition) is 1. The molecular weight excluding hydrogens is 413 g/mol. The molecule has 0 aliphatic heterocycles. The number of benzene rings is 1. The molecule has 1 heterocycles. The maximum Gasteiger partial charge on any atom is 0.411 e. The predicted octanol–water partition coefficient (Wildman–Crippen LogP) is 2.08. The molecule has 0 amide bonds. The molecule has 0 saturated heterocycles. The van der Waals surface area contributed by atoms with Crippen molar-refractivity contribution in [3.63, 3.8) is 0 Å². The van der Waals surface area contributed by atoms with Crippen LogP contribution in [0.5, 0.6) is 0 Å².